The molecule has 0 unspecified atom stereocenters. The van der Waals surface area contributed by atoms with Gasteiger partial charge in [0.15, 0.2) is 0 Å². The molecule has 0 aliphatic rings. The highest BCUT2D eigenvalue weighted by atomic mass is 35.5. The van der Waals surface area contributed by atoms with Gasteiger partial charge < -0.3 is 0 Å². The number of nitrogens with zero attached hydrogens (tertiary/aromatic N) is 6. The fourth-order valence-corrected chi connectivity index (χ4v) is 2.48. The zero-order valence-corrected chi connectivity index (χ0v) is 13.1. The Kier molecular flexibility index (Phi) is 3.55. The molecule has 0 N–H and O–H groups in total. The highest BCUT2D eigenvalue weighted by Crippen LogP contribution is 2.11. The summed E-state index contributed by atoms with van der Waals surface area (Å²) in [6, 6.07) is 12.7. The second-order valence-electron chi connectivity index (χ2n) is 5.18. The lowest BCUT2D eigenvalue weighted by molar-refractivity contribution is 0.573. The van der Waals surface area contributed by atoms with Crippen molar-refractivity contribution in [2.75, 3.05) is 0 Å². The van der Waals surface area contributed by atoms with Crippen molar-refractivity contribution < 1.29 is 0 Å². The number of pyridine rings is 1. The molecule has 8 heteroatoms. The van der Waals surface area contributed by atoms with Crippen LogP contribution >= 0.6 is 11.6 Å². The van der Waals surface area contributed by atoms with Gasteiger partial charge in [-0.25, -0.2) is 4.98 Å². The van der Waals surface area contributed by atoms with Crippen LogP contribution in [0.3, 0.4) is 0 Å². The maximum Gasteiger partial charge on any atom is 0.269 e. The van der Waals surface area contributed by atoms with Gasteiger partial charge in [-0.1, -0.05) is 29.8 Å². The van der Waals surface area contributed by atoms with Crippen LogP contribution in [0.4, 0.5) is 0 Å². The molecule has 24 heavy (non-hydrogen) atoms. The number of fused-ring (bicyclic) bond motifs is 1. The molecule has 118 valence electrons. The first-order valence-electron chi connectivity index (χ1n) is 7.20. The zero-order valence-electron chi connectivity index (χ0n) is 12.4. The second-order valence-corrected chi connectivity index (χ2v) is 5.61. The van der Waals surface area contributed by atoms with E-state index >= 15 is 0 Å². The molecule has 0 fully saturated rings. The predicted octanol–water partition coefficient (Wildman–Crippen LogP) is 2.05. The van der Waals surface area contributed by atoms with Crippen molar-refractivity contribution in [3.05, 3.63) is 75.8 Å². The lowest BCUT2D eigenvalue weighted by atomic mass is 10.2. The number of hydrogen-bond donors (Lipinski definition) is 0. The summed E-state index contributed by atoms with van der Waals surface area (Å²) in [4.78, 5) is 18.2. The number of aromatic nitrogens is 6. The van der Waals surface area contributed by atoms with Crippen molar-refractivity contribution in [1.29, 1.82) is 0 Å². The van der Waals surface area contributed by atoms with Gasteiger partial charge in [0, 0.05) is 17.4 Å². The van der Waals surface area contributed by atoms with Gasteiger partial charge >= 0.3 is 0 Å². The summed E-state index contributed by atoms with van der Waals surface area (Å²) in [6.07, 6.45) is 3.13. The first-order chi connectivity index (χ1) is 11.7. The maximum atomic E-state index is 12.5. The first-order valence-corrected chi connectivity index (χ1v) is 7.57. The van der Waals surface area contributed by atoms with E-state index in [1.165, 1.54) is 15.4 Å². The van der Waals surface area contributed by atoms with Crippen LogP contribution in [-0.2, 0) is 6.54 Å². The van der Waals surface area contributed by atoms with Gasteiger partial charge in [0.05, 0.1) is 6.54 Å². The van der Waals surface area contributed by atoms with Crippen LogP contribution in [0, 0.1) is 0 Å². The highest BCUT2D eigenvalue weighted by molar-refractivity contribution is 6.30. The summed E-state index contributed by atoms with van der Waals surface area (Å²) in [6.45, 7) is 0.437. The minimum atomic E-state index is -0.230. The minimum Gasteiger partial charge on any atom is -0.268 e. The molecule has 1 aromatic carbocycles. The number of benzene rings is 1. The quantitative estimate of drug-likeness (QED) is 0.571. The van der Waals surface area contributed by atoms with Gasteiger partial charge in [0.25, 0.3) is 5.56 Å². The standard InChI is InChI=1S/C16H11ClN6O/c17-12-6-4-11(5-7-12)10-23-20-15(19-21-23)13-9-18-14-3-1-2-8-22(14)16(13)24/h1-9H,10H2. The number of halogens is 1. The van der Waals surface area contributed by atoms with E-state index in [1.54, 1.807) is 30.5 Å². The fraction of sp³-hybridized carbons (Fsp3) is 0.0625. The van der Waals surface area contributed by atoms with Crippen LogP contribution in [0.1, 0.15) is 5.56 Å². The molecule has 0 radical (unpaired) electrons. The van der Waals surface area contributed by atoms with E-state index in [0.29, 0.717) is 22.8 Å². The summed E-state index contributed by atoms with van der Waals surface area (Å²) >= 11 is 5.87. The molecule has 4 rings (SSSR count). The average Bonchev–Trinajstić information content (AvgIpc) is 3.06. The largest absolute Gasteiger partial charge is 0.269 e. The predicted molar refractivity (Wildman–Crippen MR) is 88.8 cm³/mol. The Bertz CT molecular complexity index is 1070. The van der Waals surface area contributed by atoms with Crippen LogP contribution in [0.5, 0.6) is 0 Å². The minimum absolute atomic E-state index is 0.230. The molecule has 0 aliphatic carbocycles. The lowest BCUT2D eigenvalue weighted by Crippen LogP contribution is -2.17. The topological polar surface area (TPSA) is 78.0 Å². The van der Waals surface area contributed by atoms with E-state index in [4.69, 9.17) is 11.6 Å². The summed E-state index contributed by atoms with van der Waals surface area (Å²) in [5, 5.41) is 12.9. The highest BCUT2D eigenvalue weighted by Gasteiger charge is 2.12. The van der Waals surface area contributed by atoms with Gasteiger partial charge in [0.2, 0.25) is 5.82 Å². The summed E-state index contributed by atoms with van der Waals surface area (Å²) in [5.74, 6) is 0.250. The summed E-state index contributed by atoms with van der Waals surface area (Å²) in [7, 11) is 0. The van der Waals surface area contributed by atoms with Crippen LogP contribution < -0.4 is 5.56 Å². The molecule has 3 aromatic heterocycles. The van der Waals surface area contributed by atoms with Gasteiger partial charge in [-0.15, -0.1) is 10.2 Å². The van der Waals surface area contributed by atoms with Crippen molar-refractivity contribution in [2.45, 2.75) is 6.54 Å². The SMILES string of the molecule is O=c1c(-c2nnn(Cc3ccc(Cl)cc3)n2)cnc2ccccn12. The third kappa shape index (κ3) is 2.65. The molecule has 0 amide bonds. The van der Waals surface area contributed by atoms with E-state index in [9.17, 15) is 4.79 Å². The smallest absolute Gasteiger partial charge is 0.268 e. The Morgan fingerprint density at radius 2 is 1.92 bits per heavy atom. The summed E-state index contributed by atoms with van der Waals surface area (Å²) < 4.78 is 1.45. The number of rotatable bonds is 3. The van der Waals surface area contributed by atoms with Crippen molar-refractivity contribution in [3.63, 3.8) is 0 Å². The Morgan fingerprint density at radius 1 is 1.08 bits per heavy atom. The third-order valence-corrected chi connectivity index (χ3v) is 3.80. The Hall–Kier alpha value is -3.06. The van der Waals surface area contributed by atoms with Crippen LogP contribution in [0.25, 0.3) is 17.0 Å². The molecule has 0 saturated carbocycles. The van der Waals surface area contributed by atoms with Crippen molar-refractivity contribution in [2.24, 2.45) is 0 Å². The third-order valence-electron chi connectivity index (χ3n) is 3.54. The second kappa shape index (κ2) is 5.86. The molecule has 4 aromatic rings. The number of hydrogen-bond acceptors (Lipinski definition) is 5. The monoisotopic (exact) mass is 338 g/mol. The Morgan fingerprint density at radius 3 is 2.75 bits per heavy atom. The molecule has 0 aliphatic heterocycles. The summed E-state index contributed by atoms with van der Waals surface area (Å²) in [5.41, 5.74) is 1.63. The molecular formula is C16H11ClN6O. The van der Waals surface area contributed by atoms with Crippen LogP contribution in [-0.4, -0.2) is 29.6 Å². The maximum absolute atomic E-state index is 12.5. The van der Waals surface area contributed by atoms with E-state index in [1.807, 2.05) is 18.2 Å². The number of tetrazole rings is 1. The molecule has 0 atom stereocenters. The van der Waals surface area contributed by atoms with Gasteiger partial charge in [0.1, 0.15) is 11.2 Å². The molecule has 0 bridgehead atoms. The van der Waals surface area contributed by atoms with Gasteiger partial charge in [-0.05, 0) is 35.0 Å². The fourth-order valence-electron chi connectivity index (χ4n) is 2.35. The van der Waals surface area contributed by atoms with Crippen LogP contribution in [0.2, 0.25) is 5.02 Å². The first kappa shape index (κ1) is 14.5. The Balaban J connectivity index is 1.69. The van der Waals surface area contributed by atoms with Gasteiger partial charge in [-0.2, -0.15) is 4.80 Å². The van der Waals surface area contributed by atoms with Crippen molar-refractivity contribution >= 4 is 17.2 Å². The lowest BCUT2D eigenvalue weighted by Gasteiger charge is -2.01. The molecule has 0 saturated heterocycles. The molecule has 3 heterocycles. The normalized spacial score (nSPS) is 11.0. The molecule has 0 spiro atoms. The van der Waals surface area contributed by atoms with E-state index in [2.05, 4.69) is 20.4 Å². The zero-order chi connectivity index (χ0) is 16.5. The average molecular weight is 339 g/mol. The van der Waals surface area contributed by atoms with Crippen molar-refractivity contribution in [3.8, 4) is 11.4 Å². The van der Waals surface area contributed by atoms with E-state index in [-0.39, 0.29) is 11.4 Å². The van der Waals surface area contributed by atoms with E-state index < -0.39 is 0 Å². The van der Waals surface area contributed by atoms with Crippen molar-refractivity contribution in [1.82, 2.24) is 29.6 Å². The Labute approximate surface area is 141 Å². The van der Waals surface area contributed by atoms with Crippen LogP contribution in [0.15, 0.2) is 59.7 Å². The molecule has 7 nitrogen and oxygen atoms in total. The van der Waals surface area contributed by atoms with E-state index in [0.717, 1.165) is 5.56 Å². The van der Waals surface area contributed by atoms with Gasteiger partial charge in [-0.3, -0.25) is 9.20 Å². The molecular weight excluding hydrogens is 328 g/mol.